The van der Waals surface area contributed by atoms with Gasteiger partial charge >= 0.3 is 0 Å². The summed E-state index contributed by atoms with van der Waals surface area (Å²) in [7, 11) is 1.78. The van der Waals surface area contributed by atoms with Crippen molar-refractivity contribution in [2.24, 2.45) is 7.05 Å². The number of ketones is 2. The Morgan fingerprint density at radius 3 is 2.50 bits per heavy atom. The minimum Gasteiger partial charge on any atom is -0.484 e. The van der Waals surface area contributed by atoms with Crippen LogP contribution < -0.4 is 0 Å². The minimum absolute atomic E-state index is 0.0277. The van der Waals surface area contributed by atoms with Gasteiger partial charge in [-0.2, -0.15) is 5.10 Å². The van der Waals surface area contributed by atoms with Gasteiger partial charge < -0.3 is 9.64 Å². The van der Waals surface area contributed by atoms with Gasteiger partial charge in [-0.15, -0.1) is 11.8 Å². The standard InChI is InChI=1S/C22H21N3O4S/c1-13-11-16(24(2)23-13)21(28)25-9-7-22(8-10-25)12-30-20-18(27)17(26)14-5-3-4-6-15(14)19(20)29-22/h3-6,11H,7-10,12H2,1-2H3. The van der Waals surface area contributed by atoms with E-state index in [2.05, 4.69) is 5.10 Å². The first-order chi connectivity index (χ1) is 14.4. The number of rotatable bonds is 1. The Kier molecular flexibility index (Phi) is 4.36. The number of amides is 1. The van der Waals surface area contributed by atoms with E-state index in [0.717, 1.165) is 5.69 Å². The molecule has 7 nitrogen and oxygen atoms in total. The molecular weight excluding hydrogens is 402 g/mol. The van der Waals surface area contributed by atoms with Crippen molar-refractivity contribution in [3.05, 3.63) is 57.8 Å². The maximum absolute atomic E-state index is 12.9. The van der Waals surface area contributed by atoms with Gasteiger partial charge in [0.15, 0.2) is 0 Å². The monoisotopic (exact) mass is 423 g/mol. The van der Waals surface area contributed by atoms with Gasteiger partial charge in [-0.1, -0.05) is 24.3 Å². The maximum atomic E-state index is 12.9. The first-order valence-electron chi connectivity index (χ1n) is 9.93. The quantitative estimate of drug-likeness (QED) is 0.656. The Bertz CT molecular complexity index is 1130. The van der Waals surface area contributed by atoms with Crippen LogP contribution in [0.1, 0.15) is 44.9 Å². The van der Waals surface area contributed by atoms with Crippen LogP contribution in [0.2, 0.25) is 0 Å². The number of carbonyl (C=O) groups is 3. The molecule has 0 unspecified atom stereocenters. The fourth-order valence-electron chi connectivity index (χ4n) is 4.35. The van der Waals surface area contributed by atoms with Gasteiger partial charge in [-0.3, -0.25) is 19.1 Å². The number of thioether (sulfide) groups is 1. The van der Waals surface area contributed by atoms with Crippen LogP contribution in [-0.4, -0.2) is 56.6 Å². The van der Waals surface area contributed by atoms with Crippen LogP contribution >= 0.6 is 11.8 Å². The van der Waals surface area contributed by atoms with Crippen LogP contribution in [0.5, 0.6) is 0 Å². The number of benzene rings is 1. The number of hydrogen-bond donors (Lipinski definition) is 0. The molecule has 5 rings (SSSR count). The van der Waals surface area contributed by atoms with E-state index in [9.17, 15) is 14.4 Å². The van der Waals surface area contributed by atoms with Crippen molar-refractivity contribution in [1.29, 1.82) is 0 Å². The highest BCUT2D eigenvalue weighted by Crippen LogP contribution is 2.47. The SMILES string of the molecule is Cc1cc(C(=O)N2CCC3(CC2)CSC2=C(O3)c3ccccc3C(=O)C2=O)n(C)n1. The number of ether oxygens (including phenoxy) is 1. The van der Waals surface area contributed by atoms with E-state index in [1.807, 2.05) is 24.0 Å². The van der Waals surface area contributed by atoms with Crippen LogP contribution in [0.4, 0.5) is 0 Å². The van der Waals surface area contributed by atoms with Gasteiger partial charge in [0, 0.05) is 49.9 Å². The summed E-state index contributed by atoms with van der Waals surface area (Å²) in [6.07, 6.45) is 1.34. The average Bonchev–Trinajstić information content (AvgIpc) is 3.10. The molecule has 1 aliphatic carbocycles. The Labute approximate surface area is 178 Å². The lowest BCUT2D eigenvalue weighted by molar-refractivity contribution is -0.111. The van der Waals surface area contributed by atoms with Gasteiger partial charge in [0.1, 0.15) is 22.0 Å². The van der Waals surface area contributed by atoms with E-state index in [1.54, 1.807) is 29.9 Å². The predicted molar refractivity (Wildman–Crippen MR) is 112 cm³/mol. The van der Waals surface area contributed by atoms with E-state index in [0.29, 0.717) is 59.2 Å². The van der Waals surface area contributed by atoms with Crippen molar-refractivity contribution in [3.63, 3.8) is 0 Å². The number of aromatic nitrogens is 2. The molecule has 0 bridgehead atoms. The van der Waals surface area contributed by atoms with Gasteiger partial charge in [0.25, 0.3) is 5.91 Å². The van der Waals surface area contributed by atoms with Gasteiger partial charge in [0.05, 0.1) is 5.69 Å². The van der Waals surface area contributed by atoms with Crippen LogP contribution in [-0.2, 0) is 16.6 Å². The number of nitrogens with zero attached hydrogens (tertiary/aromatic N) is 3. The van der Waals surface area contributed by atoms with E-state index in [-0.39, 0.29) is 5.91 Å². The van der Waals surface area contributed by atoms with Crippen molar-refractivity contribution < 1.29 is 19.1 Å². The number of aryl methyl sites for hydroxylation is 2. The summed E-state index contributed by atoms with van der Waals surface area (Å²) in [5, 5.41) is 4.27. The van der Waals surface area contributed by atoms with Crippen LogP contribution in [0.25, 0.3) is 5.76 Å². The Hall–Kier alpha value is -2.87. The fraction of sp³-hybridized carbons (Fsp3) is 0.364. The summed E-state index contributed by atoms with van der Waals surface area (Å²) < 4.78 is 8.07. The zero-order chi connectivity index (χ0) is 21.0. The molecule has 154 valence electrons. The predicted octanol–water partition coefficient (Wildman–Crippen LogP) is 2.60. The van der Waals surface area contributed by atoms with Crippen molar-refractivity contribution in [2.45, 2.75) is 25.4 Å². The summed E-state index contributed by atoms with van der Waals surface area (Å²) in [4.78, 5) is 40.1. The van der Waals surface area contributed by atoms with Gasteiger partial charge in [0.2, 0.25) is 11.6 Å². The molecule has 1 aromatic heterocycles. The zero-order valence-electron chi connectivity index (χ0n) is 16.8. The fourth-order valence-corrected chi connectivity index (χ4v) is 5.61. The second-order valence-corrected chi connectivity index (χ2v) is 9.01. The number of likely N-dealkylation sites (tertiary alicyclic amines) is 1. The lowest BCUT2D eigenvalue weighted by Gasteiger charge is -2.45. The number of allylic oxidation sites excluding steroid dienone is 1. The molecule has 0 radical (unpaired) electrons. The number of fused-ring (bicyclic) bond motifs is 2. The largest absolute Gasteiger partial charge is 0.484 e. The normalized spacial score (nSPS) is 20.1. The topological polar surface area (TPSA) is 81.5 Å². The average molecular weight is 423 g/mol. The molecule has 1 fully saturated rings. The third-order valence-corrected chi connectivity index (χ3v) is 7.35. The maximum Gasteiger partial charge on any atom is 0.272 e. The van der Waals surface area contributed by atoms with Crippen molar-refractivity contribution >= 4 is 35.0 Å². The van der Waals surface area contributed by atoms with Crippen molar-refractivity contribution in [1.82, 2.24) is 14.7 Å². The third-order valence-electron chi connectivity index (χ3n) is 6.02. The Morgan fingerprint density at radius 2 is 1.83 bits per heavy atom. The second kappa shape index (κ2) is 6.84. The summed E-state index contributed by atoms with van der Waals surface area (Å²) in [5.41, 5.74) is 2.04. The first kappa shape index (κ1) is 19.1. The molecule has 1 amide bonds. The molecule has 2 aromatic rings. The molecule has 1 spiro atoms. The lowest BCUT2D eigenvalue weighted by atomic mass is 9.90. The van der Waals surface area contributed by atoms with Gasteiger partial charge in [-0.05, 0) is 13.0 Å². The smallest absolute Gasteiger partial charge is 0.272 e. The summed E-state index contributed by atoms with van der Waals surface area (Å²) in [6, 6.07) is 8.91. The number of hydrogen-bond acceptors (Lipinski definition) is 6. The third kappa shape index (κ3) is 2.89. The highest BCUT2D eigenvalue weighted by Gasteiger charge is 2.46. The number of carbonyl (C=O) groups excluding carboxylic acids is 3. The highest BCUT2D eigenvalue weighted by atomic mass is 32.2. The molecule has 3 heterocycles. The Morgan fingerprint density at radius 1 is 1.13 bits per heavy atom. The molecule has 2 aliphatic heterocycles. The van der Waals surface area contributed by atoms with Crippen LogP contribution in [0, 0.1) is 6.92 Å². The molecule has 0 saturated carbocycles. The van der Waals surface area contributed by atoms with E-state index >= 15 is 0 Å². The summed E-state index contributed by atoms with van der Waals surface area (Å²) in [6.45, 7) is 3.01. The Balaban J connectivity index is 1.37. The molecule has 0 atom stereocenters. The molecular formula is C22H21N3O4S. The summed E-state index contributed by atoms with van der Waals surface area (Å²) >= 11 is 1.41. The van der Waals surface area contributed by atoms with Gasteiger partial charge in [-0.25, -0.2) is 0 Å². The first-order valence-corrected chi connectivity index (χ1v) is 10.9. The van der Waals surface area contributed by atoms with Crippen molar-refractivity contribution in [2.75, 3.05) is 18.8 Å². The second-order valence-electron chi connectivity index (χ2n) is 8.02. The molecule has 1 saturated heterocycles. The minimum atomic E-state index is -0.484. The number of Topliss-reactive ketones (excluding diaryl/α,β-unsaturated/α-hetero) is 2. The van der Waals surface area contributed by atoms with Crippen LogP contribution in [0.3, 0.4) is 0 Å². The van der Waals surface area contributed by atoms with E-state index in [4.69, 9.17) is 4.74 Å². The zero-order valence-corrected chi connectivity index (χ0v) is 17.6. The molecule has 1 aromatic carbocycles. The highest BCUT2D eigenvalue weighted by molar-refractivity contribution is 8.04. The number of piperidine rings is 1. The van der Waals surface area contributed by atoms with Crippen molar-refractivity contribution in [3.8, 4) is 0 Å². The summed E-state index contributed by atoms with van der Waals surface area (Å²) in [5.74, 6) is 0.138. The molecule has 0 N–H and O–H groups in total. The molecule has 3 aliphatic rings. The molecule has 8 heteroatoms. The molecule has 30 heavy (non-hydrogen) atoms. The van der Waals surface area contributed by atoms with E-state index < -0.39 is 17.2 Å². The van der Waals surface area contributed by atoms with Crippen LogP contribution in [0.15, 0.2) is 35.2 Å². The lowest BCUT2D eigenvalue weighted by Crippen LogP contribution is -2.51. The van der Waals surface area contributed by atoms with E-state index in [1.165, 1.54) is 11.8 Å².